The second kappa shape index (κ2) is 10.0. The molecule has 0 saturated heterocycles. The SMILES string of the molecule is COCCCOCCOc1cccc(Cl)c1CCN. The monoisotopic (exact) mass is 287 g/mol. The average molecular weight is 288 g/mol. The normalized spacial score (nSPS) is 10.7. The molecule has 0 atom stereocenters. The number of hydrogen-bond acceptors (Lipinski definition) is 4. The Morgan fingerprint density at radius 2 is 2.00 bits per heavy atom. The largest absolute Gasteiger partial charge is 0.491 e. The minimum Gasteiger partial charge on any atom is -0.491 e. The quantitative estimate of drug-likeness (QED) is 0.671. The molecule has 0 spiro atoms. The number of methoxy groups -OCH3 is 1. The van der Waals surface area contributed by atoms with Crippen molar-refractivity contribution in [2.45, 2.75) is 12.8 Å². The van der Waals surface area contributed by atoms with Crippen LogP contribution in [0, 0.1) is 0 Å². The molecule has 108 valence electrons. The predicted molar refractivity (Wildman–Crippen MR) is 77.0 cm³/mol. The molecule has 0 saturated carbocycles. The highest BCUT2D eigenvalue weighted by Gasteiger charge is 2.07. The minimum absolute atomic E-state index is 0.505. The van der Waals surface area contributed by atoms with Gasteiger partial charge in [0, 0.05) is 30.9 Å². The molecule has 19 heavy (non-hydrogen) atoms. The summed E-state index contributed by atoms with van der Waals surface area (Å²) in [5, 5.41) is 0.698. The first-order chi connectivity index (χ1) is 9.29. The number of rotatable bonds is 10. The molecule has 2 N–H and O–H groups in total. The first kappa shape index (κ1) is 16.2. The maximum atomic E-state index is 6.12. The summed E-state index contributed by atoms with van der Waals surface area (Å²) in [5.41, 5.74) is 6.53. The summed E-state index contributed by atoms with van der Waals surface area (Å²) in [5.74, 6) is 0.790. The Kier molecular flexibility index (Phi) is 8.58. The smallest absolute Gasteiger partial charge is 0.124 e. The fourth-order valence-electron chi connectivity index (χ4n) is 1.68. The van der Waals surface area contributed by atoms with Gasteiger partial charge in [0.15, 0.2) is 0 Å². The van der Waals surface area contributed by atoms with E-state index in [4.69, 9.17) is 31.5 Å². The van der Waals surface area contributed by atoms with Gasteiger partial charge in [-0.3, -0.25) is 0 Å². The van der Waals surface area contributed by atoms with Gasteiger partial charge in [0.25, 0.3) is 0 Å². The fraction of sp³-hybridized carbons (Fsp3) is 0.571. The van der Waals surface area contributed by atoms with E-state index in [1.54, 1.807) is 7.11 Å². The van der Waals surface area contributed by atoms with Crippen LogP contribution in [0.3, 0.4) is 0 Å². The van der Waals surface area contributed by atoms with E-state index < -0.39 is 0 Å². The molecule has 0 amide bonds. The van der Waals surface area contributed by atoms with E-state index in [1.165, 1.54) is 0 Å². The summed E-state index contributed by atoms with van der Waals surface area (Å²) in [6, 6.07) is 5.62. The van der Waals surface area contributed by atoms with Gasteiger partial charge in [-0.1, -0.05) is 17.7 Å². The number of nitrogens with two attached hydrogens (primary N) is 1. The first-order valence-corrected chi connectivity index (χ1v) is 6.84. The van der Waals surface area contributed by atoms with Gasteiger partial charge in [-0.25, -0.2) is 0 Å². The maximum Gasteiger partial charge on any atom is 0.124 e. The number of halogens is 1. The van der Waals surface area contributed by atoms with Crippen LogP contribution in [0.5, 0.6) is 5.75 Å². The zero-order valence-electron chi connectivity index (χ0n) is 11.4. The van der Waals surface area contributed by atoms with Crippen LogP contribution in [0.1, 0.15) is 12.0 Å². The summed E-state index contributed by atoms with van der Waals surface area (Å²) in [4.78, 5) is 0. The van der Waals surface area contributed by atoms with Crippen LogP contribution in [0.15, 0.2) is 18.2 Å². The summed E-state index contributed by atoms with van der Waals surface area (Å²) in [7, 11) is 1.68. The van der Waals surface area contributed by atoms with E-state index in [0.717, 1.165) is 24.3 Å². The van der Waals surface area contributed by atoms with Crippen molar-refractivity contribution in [3.05, 3.63) is 28.8 Å². The second-order valence-corrected chi connectivity index (χ2v) is 4.47. The Balaban J connectivity index is 2.30. The zero-order chi connectivity index (χ0) is 13.9. The van der Waals surface area contributed by atoms with Gasteiger partial charge in [0.2, 0.25) is 0 Å². The Morgan fingerprint density at radius 1 is 1.16 bits per heavy atom. The van der Waals surface area contributed by atoms with Gasteiger partial charge in [-0.2, -0.15) is 0 Å². The van der Waals surface area contributed by atoms with Crippen molar-refractivity contribution in [1.82, 2.24) is 0 Å². The van der Waals surface area contributed by atoms with Crippen molar-refractivity contribution in [2.75, 3.05) is 40.1 Å². The molecular formula is C14H22ClNO3. The van der Waals surface area contributed by atoms with Crippen molar-refractivity contribution in [3.8, 4) is 5.75 Å². The van der Waals surface area contributed by atoms with Gasteiger partial charge in [-0.05, 0) is 31.5 Å². The van der Waals surface area contributed by atoms with Crippen LogP contribution in [-0.4, -0.2) is 40.1 Å². The van der Waals surface area contributed by atoms with Gasteiger partial charge in [0.1, 0.15) is 12.4 Å². The summed E-state index contributed by atoms with van der Waals surface area (Å²) < 4.78 is 16.0. The lowest BCUT2D eigenvalue weighted by Gasteiger charge is -2.12. The van der Waals surface area contributed by atoms with E-state index >= 15 is 0 Å². The van der Waals surface area contributed by atoms with Crippen LogP contribution in [0.25, 0.3) is 0 Å². The average Bonchev–Trinajstić information content (AvgIpc) is 2.41. The number of hydrogen-bond donors (Lipinski definition) is 1. The predicted octanol–water partition coefficient (Wildman–Crippen LogP) is 2.27. The molecule has 1 aromatic rings. The molecule has 0 fully saturated rings. The fourth-order valence-corrected chi connectivity index (χ4v) is 1.94. The van der Waals surface area contributed by atoms with Crippen LogP contribution in [-0.2, 0) is 15.9 Å². The van der Waals surface area contributed by atoms with Gasteiger partial charge in [-0.15, -0.1) is 0 Å². The molecule has 1 aromatic carbocycles. The van der Waals surface area contributed by atoms with Crippen molar-refractivity contribution in [2.24, 2.45) is 5.73 Å². The molecule has 0 heterocycles. The highest BCUT2D eigenvalue weighted by atomic mass is 35.5. The molecule has 0 aliphatic heterocycles. The van der Waals surface area contributed by atoms with E-state index in [0.29, 0.717) is 37.8 Å². The van der Waals surface area contributed by atoms with E-state index in [9.17, 15) is 0 Å². The van der Waals surface area contributed by atoms with Crippen molar-refractivity contribution < 1.29 is 14.2 Å². The molecule has 4 nitrogen and oxygen atoms in total. The summed E-state index contributed by atoms with van der Waals surface area (Å²) in [6.45, 7) is 3.01. The van der Waals surface area contributed by atoms with Crippen molar-refractivity contribution in [3.63, 3.8) is 0 Å². The third kappa shape index (κ3) is 6.25. The molecule has 5 heteroatoms. The molecule has 0 radical (unpaired) electrons. The Hall–Kier alpha value is -0.810. The third-order valence-electron chi connectivity index (χ3n) is 2.59. The van der Waals surface area contributed by atoms with Crippen LogP contribution in [0.4, 0.5) is 0 Å². The molecule has 0 aromatic heterocycles. The van der Waals surface area contributed by atoms with Crippen molar-refractivity contribution >= 4 is 11.6 Å². The van der Waals surface area contributed by atoms with Crippen molar-refractivity contribution in [1.29, 1.82) is 0 Å². The Bertz CT molecular complexity index is 361. The lowest BCUT2D eigenvalue weighted by atomic mass is 10.1. The number of ether oxygens (including phenoxy) is 3. The number of benzene rings is 1. The van der Waals surface area contributed by atoms with Crippen LogP contribution in [0.2, 0.25) is 5.02 Å². The van der Waals surface area contributed by atoms with E-state index in [-0.39, 0.29) is 0 Å². The summed E-state index contributed by atoms with van der Waals surface area (Å²) in [6.07, 6.45) is 1.61. The Morgan fingerprint density at radius 3 is 2.74 bits per heavy atom. The first-order valence-electron chi connectivity index (χ1n) is 6.46. The molecule has 0 aliphatic rings. The molecule has 0 unspecified atom stereocenters. The minimum atomic E-state index is 0.505. The lowest BCUT2D eigenvalue weighted by molar-refractivity contribution is 0.0804. The molecule has 0 bridgehead atoms. The van der Waals surface area contributed by atoms with Crippen LogP contribution >= 0.6 is 11.6 Å². The zero-order valence-corrected chi connectivity index (χ0v) is 12.1. The van der Waals surface area contributed by atoms with Gasteiger partial charge < -0.3 is 19.9 Å². The maximum absolute atomic E-state index is 6.12. The molecule has 1 rings (SSSR count). The van der Waals surface area contributed by atoms with E-state index in [2.05, 4.69) is 0 Å². The van der Waals surface area contributed by atoms with Gasteiger partial charge in [0.05, 0.1) is 6.61 Å². The van der Waals surface area contributed by atoms with E-state index in [1.807, 2.05) is 18.2 Å². The second-order valence-electron chi connectivity index (χ2n) is 4.06. The van der Waals surface area contributed by atoms with Gasteiger partial charge >= 0.3 is 0 Å². The highest BCUT2D eigenvalue weighted by molar-refractivity contribution is 6.31. The third-order valence-corrected chi connectivity index (χ3v) is 2.95. The summed E-state index contributed by atoms with van der Waals surface area (Å²) >= 11 is 6.12. The molecular weight excluding hydrogens is 266 g/mol. The highest BCUT2D eigenvalue weighted by Crippen LogP contribution is 2.26. The standard InChI is InChI=1S/C14H22ClNO3/c1-17-8-3-9-18-10-11-19-14-5-2-4-13(15)12(14)6-7-16/h2,4-5H,3,6-11,16H2,1H3. The van der Waals surface area contributed by atoms with Crippen LogP contribution < -0.4 is 10.5 Å². The molecule has 0 aliphatic carbocycles. The Labute approximate surface area is 119 Å². The lowest BCUT2D eigenvalue weighted by Crippen LogP contribution is -2.11. The topological polar surface area (TPSA) is 53.7 Å².